The van der Waals surface area contributed by atoms with Crippen LogP contribution in [0.1, 0.15) is 5.56 Å². The van der Waals surface area contributed by atoms with Crippen molar-refractivity contribution in [3.8, 4) is 0 Å². The molecule has 0 saturated carbocycles. The second-order valence-corrected chi connectivity index (χ2v) is 4.92. The fourth-order valence-corrected chi connectivity index (χ4v) is 2.63. The molecule has 8 nitrogen and oxygen atoms in total. The third-order valence-electron chi connectivity index (χ3n) is 3.57. The predicted molar refractivity (Wildman–Crippen MR) is 68.6 cm³/mol. The van der Waals surface area contributed by atoms with E-state index in [0.29, 0.717) is 0 Å². The summed E-state index contributed by atoms with van der Waals surface area (Å²) in [6.07, 6.45) is -1.27. The van der Waals surface area contributed by atoms with Crippen molar-refractivity contribution >= 4 is 18.0 Å². The highest BCUT2D eigenvalue weighted by Gasteiger charge is 2.48. The van der Waals surface area contributed by atoms with E-state index < -0.39 is 36.4 Å². The molecule has 21 heavy (non-hydrogen) atoms. The van der Waals surface area contributed by atoms with E-state index in [-0.39, 0.29) is 6.42 Å². The van der Waals surface area contributed by atoms with Gasteiger partial charge in [0, 0.05) is 0 Å². The highest BCUT2D eigenvalue weighted by Crippen LogP contribution is 2.19. The van der Waals surface area contributed by atoms with Crippen molar-refractivity contribution in [1.29, 1.82) is 0 Å². The van der Waals surface area contributed by atoms with Crippen LogP contribution < -0.4 is 21.1 Å². The molecule has 0 unspecified atom stereocenters. The molecule has 3 atom stereocenters. The summed E-state index contributed by atoms with van der Waals surface area (Å²) in [6, 6.07) is 6.76. The molecule has 0 spiro atoms. The van der Waals surface area contributed by atoms with Crippen LogP contribution in [0.4, 0.5) is 9.59 Å². The minimum absolute atomic E-state index is 0.107. The van der Waals surface area contributed by atoms with E-state index >= 15 is 0 Å². The summed E-state index contributed by atoms with van der Waals surface area (Å²) in [6.45, 7) is 0. The number of rotatable bonds is 4. The smallest absolute Gasteiger partial charge is 0.321 e. The van der Waals surface area contributed by atoms with Gasteiger partial charge in [0.25, 0.3) is 0 Å². The van der Waals surface area contributed by atoms with Gasteiger partial charge in [0.1, 0.15) is 12.3 Å². The van der Waals surface area contributed by atoms with Crippen molar-refractivity contribution in [2.75, 3.05) is 0 Å². The molecular weight excluding hydrogens is 276 g/mol. The van der Waals surface area contributed by atoms with E-state index in [1.807, 2.05) is 6.07 Å². The first-order valence-electron chi connectivity index (χ1n) is 6.47. The molecule has 3 N–H and O–H groups in total. The maximum atomic E-state index is 12.0. The molecule has 0 radical (unpaired) electrons. The monoisotopic (exact) mass is 289 g/mol. The Hall–Kier alpha value is -2.77. The Balaban J connectivity index is 1.85. The van der Waals surface area contributed by atoms with E-state index in [1.54, 1.807) is 24.3 Å². The highest BCUT2D eigenvalue weighted by molar-refractivity contribution is 5.88. The molecule has 2 fully saturated rings. The zero-order valence-electron chi connectivity index (χ0n) is 10.9. The Kier molecular flexibility index (Phi) is 3.13. The fourth-order valence-electron chi connectivity index (χ4n) is 2.63. The molecule has 1 aromatic carbocycles. The Labute approximate surface area is 120 Å². The number of benzene rings is 1. The molecule has 0 bridgehead atoms. The molecule has 2 saturated heterocycles. The number of carboxylic acid groups (broad SMARTS) is 1. The minimum atomic E-state index is -1.36. The van der Waals surface area contributed by atoms with Crippen LogP contribution in [0.5, 0.6) is 0 Å². The van der Waals surface area contributed by atoms with Gasteiger partial charge in [-0.3, -0.25) is 4.90 Å². The number of carboxylic acids is 1. The Morgan fingerprint density at radius 3 is 2.57 bits per heavy atom. The number of nitrogens with one attached hydrogen (secondary N) is 3. The van der Waals surface area contributed by atoms with E-state index in [0.717, 1.165) is 10.5 Å². The van der Waals surface area contributed by atoms with Gasteiger partial charge in [-0.1, -0.05) is 30.3 Å². The van der Waals surface area contributed by atoms with Gasteiger partial charge in [0.05, 0.1) is 12.0 Å². The quantitative estimate of drug-likeness (QED) is 0.615. The molecular formula is C13H13N4O4-. The van der Waals surface area contributed by atoms with Gasteiger partial charge in [-0.2, -0.15) is 0 Å². The fraction of sp³-hybridized carbons (Fsp3) is 0.308. The van der Waals surface area contributed by atoms with Crippen molar-refractivity contribution in [3.63, 3.8) is 0 Å². The van der Waals surface area contributed by atoms with Crippen LogP contribution in [0.3, 0.4) is 0 Å². The van der Waals surface area contributed by atoms with Crippen molar-refractivity contribution < 1.29 is 19.5 Å². The molecule has 0 aliphatic carbocycles. The Morgan fingerprint density at radius 2 is 1.90 bits per heavy atom. The predicted octanol–water partition coefficient (Wildman–Crippen LogP) is -1.66. The zero-order valence-corrected chi connectivity index (χ0v) is 10.9. The topological polar surface area (TPSA) is 114 Å². The number of hydrogen-bond donors (Lipinski definition) is 3. The van der Waals surface area contributed by atoms with Gasteiger partial charge in [-0.25, -0.2) is 9.59 Å². The van der Waals surface area contributed by atoms with Crippen LogP contribution in [-0.4, -0.2) is 41.3 Å². The Morgan fingerprint density at radius 1 is 1.19 bits per heavy atom. The molecule has 8 heteroatoms. The van der Waals surface area contributed by atoms with Gasteiger partial charge in [0.2, 0.25) is 0 Å². The largest absolute Gasteiger partial charge is 0.548 e. The molecule has 2 heterocycles. The van der Waals surface area contributed by atoms with E-state index in [1.165, 1.54) is 0 Å². The number of fused-ring (bicyclic) bond motifs is 1. The van der Waals surface area contributed by atoms with Crippen LogP contribution in [-0.2, 0) is 11.2 Å². The molecule has 110 valence electrons. The second-order valence-electron chi connectivity index (χ2n) is 4.92. The lowest BCUT2D eigenvalue weighted by Crippen LogP contribution is -2.56. The molecule has 0 aromatic heterocycles. The average molecular weight is 289 g/mol. The second kappa shape index (κ2) is 4.97. The SMILES string of the molecule is O=C1N[C@H]2NC(=O)N([C@@H](Cc3ccccc3)C(=O)[O-])[C@H]2N1. The molecule has 4 amide bonds. The maximum Gasteiger partial charge on any atom is 0.321 e. The zero-order chi connectivity index (χ0) is 15.0. The van der Waals surface area contributed by atoms with Crippen LogP contribution in [0, 0.1) is 0 Å². The molecule has 1 aromatic rings. The first-order chi connectivity index (χ1) is 10.1. The minimum Gasteiger partial charge on any atom is -0.548 e. The van der Waals surface area contributed by atoms with Crippen molar-refractivity contribution in [2.45, 2.75) is 24.8 Å². The standard InChI is InChI=1S/C13H14N4O4/c18-11(19)8(6-7-4-2-1-3-5-7)17-10-9(15-13(17)21)14-12(20)16-10/h1-5,8-10H,6H2,(H,15,21)(H,18,19)(H2,14,16,20)/p-1/t8-,9-,10+/m0/s1. The van der Waals surface area contributed by atoms with Crippen molar-refractivity contribution in [1.82, 2.24) is 20.9 Å². The van der Waals surface area contributed by atoms with Gasteiger partial charge >= 0.3 is 12.1 Å². The van der Waals surface area contributed by atoms with E-state index in [2.05, 4.69) is 16.0 Å². The number of nitrogens with zero attached hydrogens (tertiary/aromatic N) is 1. The summed E-state index contributed by atoms with van der Waals surface area (Å²) in [5, 5.41) is 19.0. The number of carbonyl (C=O) groups excluding carboxylic acids is 3. The normalized spacial score (nSPS) is 24.9. The first kappa shape index (κ1) is 13.2. The number of urea groups is 2. The first-order valence-corrected chi connectivity index (χ1v) is 6.47. The van der Waals surface area contributed by atoms with Gasteiger partial charge in [-0.05, 0) is 12.0 Å². The number of carbonyl (C=O) groups is 3. The van der Waals surface area contributed by atoms with Crippen LogP contribution in [0.15, 0.2) is 30.3 Å². The number of amides is 4. The van der Waals surface area contributed by atoms with E-state index in [4.69, 9.17) is 0 Å². The molecule has 2 aliphatic heterocycles. The lowest BCUT2D eigenvalue weighted by Gasteiger charge is -2.31. The molecule has 2 aliphatic rings. The number of aliphatic carboxylic acids is 1. The lowest BCUT2D eigenvalue weighted by molar-refractivity contribution is -0.311. The summed E-state index contributed by atoms with van der Waals surface area (Å²) >= 11 is 0. The maximum absolute atomic E-state index is 12.0. The summed E-state index contributed by atoms with van der Waals surface area (Å²) in [7, 11) is 0. The van der Waals surface area contributed by atoms with Gasteiger partial charge in [-0.15, -0.1) is 0 Å². The van der Waals surface area contributed by atoms with Crippen molar-refractivity contribution in [3.05, 3.63) is 35.9 Å². The lowest BCUT2D eigenvalue weighted by atomic mass is 10.0. The average Bonchev–Trinajstić information content (AvgIpc) is 2.92. The summed E-state index contributed by atoms with van der Waals surface area (Å²) < 4.78 is 0. The third kappa shape index (κ3) is 2.35. The van der Waals surface area contributed by atoms with Gasteiger partial charge < -0.3 is 25.9 Å². The van der Waals surface area contributed by atoms with Crippen molar-refractivity contribution in [2.24, 2.45) is 0 Å². The summed E-state index contributed by atoms with van der Waals surface area (Å²) in [5.74, 6) is -1.36. The Bertz CT molecular complexity index is 591. The van der Waals surface area contributed by atoms with E-state index in [9.17, 15) is 19.5 Å². The van der Waals surface area contributed by atoms with Crippen LogP contribution in [0.2, 0.25) is 0 Å². The van der Waals surface area contributed by atoms with Gasteiger partial charge in [0.15, 0.2) is 0 Å². The highest BCUT2D eigenvalue weighted by atomic mass is 16.4. The van der Waals surface area contributed by atoms with Crippen LogP contribution in [0.25, 0.3) is 0 Å². The third-order valence-corrected chi connectivity index (χ3v) is 3.57. The molecule has 3 rings (SSSR count). The number of hydrogen-bond acceptors (Lipinski definition) is 4. The van der Waals surface area contributed by atoms with Crippen LogP contribution >= 0.6 is 0 Å². The summed E-state index contributed by atoms with van der Waals surface area (Å²) in [4.78, 5) is 35.8. The summed E-state index contributed by atoms with van der Waals surface area (Å²) in [5.41, 5.74) is 0.764.